The van der Waals surface area contributed by atoms with Crippen molar-refractivity contribution in [2.24, 2.45) is 0 Å². The maximum atomic E-state index is 5.34. The zero-order valence-electron chi connectivity index (χ0n) is 9.46. The summed E-state index contributed by atoms with van der Waals surface area (Å²) in [5.74, 6) is 1.80. The van der Waals surface area contributed by atoms with E-state index in [0.717, 1.165) is 23.6 Å². The van der Waals surface area contributed by atoms with Crippen molar-refractivity contribution in [2.45, 2.75) is 19.4 Å². The van der Waals surface area contributed by atoms with Crippen LogP contribution in [0.4, 0.5) is 0 Å². The van der Waals surface area contributed by atoms with Crippen LogP contribution in [0.25, 0.3) is 0 Å². The Balaban J connectivity index is 2.38. The summed E-state index contributed by atoms with van der Waals surface area (Å²) in [6.07, 6.45) is 1.19. The zero-order valence-corrected chi connectivity index (χ0v) is 9.46. The summed E-state index contributed by atoms with van der Waals surface area (Å²) in [5.41, 5.74) is 2.31. The Morgan fingerprint density at radius 1 is 1.20 bits per heavy atom. The second-order valence-electron chi connectivity index (χ2n) is 3.85. The maximum absolute atomic E-state index is 5.34. The van der Waals surface area contributed by atoms with E-state index in [4.69, 9.17) is 9.47 Å². The minimum absolute atomic E-state index is 0.466. The summed E-state index contributed by atoms with van der Waals surface area (Å²) in [4.78, 5) is 0. The van der Waals surface area contributed by atoms with Crippen molar-refractivity contribution in [1.29, 1.82) is 0 Å². The van der Waals surface area contributed by atoms with Crippen LogP contribution in [0.5, 0.6) is 11.5 Å². The first-order valence-corrected chi connectivity index (χ1v) is 5.22. The largest absolute Gasteiger partial charge is 0.496 e. The number of hydrogen-bond acceptors (Lipinski definition) is 3. The molecular formula is C12H17NO2. The molecule has 1 heterocycles. The van der Waals surface area contributed by atoms with Gasteiger partial charge in [-0.3, -0.25) is 0 Å². The Morgan fingerprint density at radius 3 is 2.07 bits per heavy atom. The first-order chi connectivity index (χ1) is 7.26. The highest BCUT2D eigenvalue weighted by Gasteiger charge is 2.21. The highest BCUT2D eigenvalue weighted by molar-refractivity contribution is 5.48. The Morgan fingerprint density at radius 2 is 1.73 bits per heavy atom. The first-order valence-electron chi connectivity index (χ1n) is 5.22. The summed E-state index contributed by atoms with van der Waals surface area (Å²) < 4.78 is 10.7. The third-order valence-electron chi connectivity index (χ3n) is 3.00. The van der Waals surface area contributed by atoms with Crippen molar-refractivity contribution in [3.8, 4) is 11.5 Å². The van der Waals surface area contributed by atoms with Crippen LogP contribution in [-0.2, 0) is 0 Å². The van der Waals surface area contributed by atoms with E-state index in [1.807, 2.05) is 6.92 Å². The van der Waals surface area contributed by atoms with Gasteiger partial charge in [-0.05, 0) is 37.6 Å². The first kappa shape index (κ1) is 10.3. The molecule has 1 aromatic rings. The standard InChI is InChI=1S/C12H17NO2/c1-8-11(14-2)6-9(7-12(8)15-3)10-4-5-13-10/h6-7,10,13H,4-5H2,1-3H3. The van der Waals surface area contributed by atoms with Crippen molar-refractivity contribution in [3.05, 3.63) is 23.3 Å². The zero-order chi connectivity index (χ0) is 10.8. The fourth-order valence-corrected chi connectivity index (χ4v) is 1.88. The summed E-state index contributed by atoms with van der Waals surface area (Å²) in [6, 6.07) is 4.65. The molecular weight excluding hydrogens is 190 g/mol. The summed E-state index contributed by atoms with van der Waals surface area (Å²) in [5, 5.41) is 3.37. The molecule has 2 rings (SSSR count). The average Bonchev–Trinajstić information content (AvgIpc) is 2.17. The van der Waals surface area contributed by atoms with Crippen LogP contribution in [0, 0.1) is 6.92 Å². The number of benzene rings is 1. The molecule has 0 amide bonds. The summed E-state index contributed by atoms with van der Waals surface area (Å²) >= 11 is 0. The van der Waals surface area contributed by atoms with Crippen molar-refractivity contribution >= 4 is 0 Å². The minimum atomic E-state index is 0.466. The molecule has 1 aromatic carbocycles. The molecule has 1 unspecified atom stereocenters. The number of hydrogen-bond donors (Lipinski definition) is 1. The number of nitrogens with one attached hydrogen (secondary N) is 1. The molecule has 1 aliphatic heterocycles. The second-order valence-corrected chi connectivity index (χ2v) is 3.85. The van der Waals surface area contributed by atoms with E-state index in [2.05, 4.69) is 17.4 Å². The van der Waals surface area contributed by atoms with Gasteiger partial charge in [0.15, 0.2) is 0 Å². The molecule has 1 fully saturated rings. The highest BCUT2D eigenvalue weighted by Crippen LogP contribution is 2.34. The number of rotatable bonds is 3. The molecule has 3 nitrogen and oxygen atoms in total. The van der Waals surface area contributed by atoms with Gasteiger partial charge in [0, 0.05) is 11.6 Å². The predicted octanol–water partition coefficient (Wildman–Crippen LogP) is 2.05. The van der Waals surface area contributed by atoms with E-state index >= 15 is 0 Å². The Bertz CT molecular complexity index is 334. The van der Waals surface area contributed by atoms with Crippen LogP contribution in [-0.4, -0.2) is 20.8 Å². The van der Waals surface area contributed by atoms with Crippen molar-refractivity contribution < 1.29 is 9.47 Å². The molecule has 1 aliphatic rings. The molecule has 0 saturated carbocycles. The van der Waals surface area contributed by atoms with Gasteiger partial charge in [-0.15, -0.1) is 0 Å². The lowest BCUT2D eigenvalue weighted by Gasteiger charge is -2.29. The maximum Gasteiger partial charge on any atom is 0.125 e. The van der Waals surface area contributed by atoms with E-state index in [1.165, 1.54) is 12.0 Å². The minimum Gasteiger partial charge on any atom is -0.496 e. The van der Waals surface area contributed by atoms with Crippen LogP contribution in [0.15, 0.2) is 12.1 Å². The van der Waals surface area contributed by atoms with Crippen molar-refractivity contribution in [1.82, 2.24) is 5.32 Å². The number of ether oxygens (including phenoxy) is 2. The molecule has 1 saturated heterocycles. The normalized spacial score (nSPS) is 19.5. The lowest BCUT2D eigenvalue weighted by atomic mass is 9.96. The third-order valence-corrected chi connectivity index (χ3v) is 3.00. The molecule has 0 bridgehead atoms. The van der Waals surface area contributed by atoms with Gasteiger partial charge in [0.05, 0.1) is 14.2 Å². The molecule has 1 atom stereocenters. The van der Waals surface area contributed by atoms with Gasteiger partial charge >= 0.3 is 0 Å². The van der Waals surface area contributed by atoms with Crippen LogP contribution in [0.2, 0.25) is 0 Å². The van der Waals surface area contributed by atoms with E-state index in [9.17, 15) is 0 Å². The highest BCUT2D eigenvalue weighted by atomic mass is 16.5. The van der Waals surface area contributed by atoms with E-state index < -0.39 is 0 Å². The van der Waals surface area contributed by atoms with Gasteiger partial charge in [0.1, 0.15) is 11.5 Å². The Kier molecular flexibility index (Phi) is 2.82. The molecule has 0 aromatic heterocycles. The fraction of sp³-hybridized carbons (Fsp3) is 0.500. The quantitative estimate of drug-likeness (QED) is 0.822. The van der Waals surface area contributed by atoms with Gasteiger partial charge in [-0.2, -0.15) is 0 Å². The van der Waals surface area contributed by atoms with Crippen LogP contribution >= 0.6 is 0 Å². The second kappa shape index (κ2) is 4.11. The molecule has 0 radical (unpaired) electrons. The smallest absolute Gasteiger partial charge is 0.125 e. The topological polar surface area (TPSA) is 30.5 Å². The molecule has 0 spiro atoms. The summed E-state index contributed by atoms with van der Waals surface area (Å²) in [6.45, 7) is 3.11. The lowest BCUT2D eigenvalue weighted by Crippen LogP contribution is -2.34. The predicted molar refractivity (Wildman–Crippen MR) is 59.6 cm³/mol. The molecule has 1 N–H and O–H groups in total. The Labute approximate surface area is 90.4 Å². The van der Waals surface area contributed by atoms with E-state index in [0.29, 0.717) is 6.04 Å². The van der Waals surface area contributed by atoms with Crippen LogP contribution in [0.1, 0.15) is 23.6 Å². The number of methoxy groups -OCH3 is 2. The Hall–Kier alpha value is -1.22. The fourth-order valence-electron chi connectivity index (χ4n) is 1.88. The molecule has 3 heteroatoms. The van der Waals surface area contributed by atoms with Gasteiger partial charge in [-0.25, -0.2) is 0 Å². The third kappa shape index (κ3) is 1.79. The van der Waals surface area contributed by atoms with Crippen LogP contribution in [0.3, 0.4) is 0 Å². The lowest BCUT2D eigenvalue weighted by molar-refractivity contribution is 0.366. The van der Waals surface area contributed by atoms with Gasteiger partial charge < -0.3 is 14.8 Å². The molecule has 0 aliphatic carbocycles. The van der Waals surface area contributed by atoms with Crippen molar-refractivity contribution in [2.75, 3.05) is 20.8 Å². The van der Waals surface area contributed by atoms with Gasteiger partial charge in [0.25, 0.3) is 0 Å². The van der Waals surface area contributed by atoms with Gasteiger partial charge in [-0.1, -0.05) is 0 Å². The average molecular weight is 207 g/mol. The van der Waals surface area contributed by atoms with Gasteiger partial charge in [0.2, 0.25) is 0 Å². The van der Waals surface area contributed by atoms with Crippen molar-refractivity contribution in [3.63, 3.8) is 0 Å². The SMILES string of the molecule is COc1cc(C2CCN2)cc(OC)c1C. The summed E-state index contributed by atoms with van der Waals surface area (Å²) in [7, 11) is 3.39. The van der Waals surface area contributed by atoms with Crippen LogP contribution < -0.4 is 14.8 Å². The van der Waals surface area contributed by atoms with E-state index in [-0.39, 0.29) is 0 Å². The monoisotopic (exact) mass is 207 g/mol. The van der Waals surface area contributed by atoms with E-state index in [1.54, 1.807) is 14.2 Å². The molecule has 82 valence electrons. The molecule has 15 heavy (non-hydrogen) atoms.